The summed E-state index contributed by atoms with van der Waals surface area (Å²) in [7, 11) is -3.92. The van der Waals surface area contributed by atoms with Gasteiger partial charge in [0.2, 0.25) is 0 Å². The van der Waals surface area contributed by atoms with Crippen LogP contribution in [0.25, 0.3) is 0 Å². The highest BCUT2D eigenvalue weighted by atomic mass is 32.2. The topological polar surface area (TPSA) is 74.6 Å². The van der Waals surface area contributed by atoms with Crippen LogP contribution in [-0.2, 0) is 10.1 Å². The fraction of sp³-hybridized carbons (Fsp3) is 1.00. The Bertz CT molecular complexity index is 341. The van der Waals surface area contributed by atoms with Crippen molar-refractivity contribution in [1.82, 2.24) is 0 Å². The van der Waals surface area contributed by atoms with Crippen LogP contribution in [0.5, 0.6) is 0 Å². The first-order chi connectivity index (χ1) is 10.4. The van der Waals surface area contributed by atoms with Crippen LogP contribution < -0.4 is 0 Å². The van der Waals surface area contributed by atoms with Crippen LogP contribution >= 0.6 is 0 Å². The van der Waals surface area contributed by atoms with E-state index in [-0.39, 0.29) is 6.10 Å². The molecule has 2 unspecified atom stereocenters. The summed E-state index contributed by atoms with van der Waals surface area (Å²) >= 11 is 0. The number of unbranched alkanes of at least 4 members (excludes halogenated alkanes) is 7. The predicted octanol–water partition coefficient (Wildman–Crippen LogP) is 4.71. The molecule has 2 atom stereocenters. The van der Waals surface area contributed by atoms with E-state index in [1.165, 1.54) is 19.3 Å². The van der Waals surface area contributed by atoms with Gasteiger partial charge >= 0.3 is 0 Å². The van der Waals surface area contributed by atoms with Gasteiger partial charge in [-0.25, -0.2) is 0 Å². The lowest BCUT2D eigenvalue weighted by atomic mass is 10.0. The van der Waals surface area contributed by atoms with Crippen LogP contribution in [0.4, 0.5) is 0 Å². The summed E-state index contributed by atoms with van der Waals surface area (Å²) < 4.78 is 32.2. The highest BCUT2D eigenvalue weighted by Gasteiger charge is 2.21. The molecule has 0 aliphatic heterocycles. The lowest BCUT2D eigenvalue weighted by Gasteiger charge is -2.14. The fourth-order valence-electron chi connectivity index (χ4n) is 2.73. The third kappa shape index (κ3) is 12.4. The van der Waals surface area contributed by atoms with Crippen molar-refractivity contribution in [2.45, 2.75) is 109 Å². The van der Waals surface area contributed by atoms with Crippen LogP contribution in [0.1, 0.15) is 97.3 Å². The van der Waals surface area contributed by atoms with Crippen LogP contribution in [0.2, 0.25) is 0 Å². The van der Waals surface area contributed by atoms with Crippen molar-refractivity contribution in [3.8, 4) is 0 Å². The van der Waals surface area contributed by atoms with Gasteiger partial charge in [0.05, 0.1) is 11.4 Å². The Morgan fingerprint density at radius 1 is 0.773 bits per heavy atom. The van der Waals surface area contributed by atoms with Gasteiger partial charge in [-0.15, -0.1) is 0 Å². The molecule has 0 spiro atoms. The molecule has 0 heterocycles. The standard InChI is InChI=1S/C17H36O4S/c1-3-5-6-7-8-11-14-17(22(19,20)21)15-12-9-10-13-16(18)4-2/h16-18H,3-15H2,1-2H3,(H,19,20,21). The molecule has 2 N–H and O–H groups in total. The van der Waals surface area contributed by atoms with Crippen molar-refractivity contribution in [3.63, 3.8) is 0 Å². The van der Waals surface area contributed by atoms with E-state index in [9.17, 15) is 18.1 Å². The van der Waals surface area contributed by atoms with Crippen LogP contribution in [0.15, 0.2) is 0 Å². The third-order valence-corrected chi connectivity index (χ3v) is 5.65. The van der Waals surface area contributed by atoms with E-state index in [4.69, 9.17) is 0 Å². The second-order valence-electron chi connectivity index (χ2n) is 6.39. The van der Waals surface area contributed by atoms with E-state index in [0.717, 1.165) is 51.4 Å². The zero-order chi connectivity index (χ0) is 16.8. The highest BCUT2D eigenvalue weighted by Crippen LogP contribution is 2.19. The van der Waals surface area contributed by atoms with Gasteiger partial charge in [-0.1, -0.05) is 71.6 Å². The molecule has 0 aliphatic rings. The summed E-state index contributed by atoms with van der Waals surface area (Å²) in [4.78, 5) is 0. The zero-order valence-electron chi connectivity index (χ0n) is 14.5. The van der Waals surface area contributed by atoms with E-state index in [0.29, 0.717) is 12.8 Å². The number of aliphatic hydroxyl groups is 1. The molecule has 0 aromatic heterocycles. The maximum Gasteiger partial charge on any atom is 0.267 e. The Morgan fingerprint density at radius 2 is 1.23 bits per heavy atom. The van der Waals surface area contributed by atoms with E-state index >= 15 is 0 Å². The quantitative estimate of drug-likeness (QED) is 0.335. The van der Waals surface area contributed by atoms with E-state index < -0.39 is 15.4 Å². The Kier molecular flexibility index (Phi) is 13.2. The molecule has 0 aromatic rings. The Morgan fingerprint density at radius 3 is 1.73 bits per heavy atom. The lowest BCUT2D eigenvalue weighted by Crippen LogP contribution is -2.20. The second kappa shape index (κ2) is 13.3. The molecule has 0 fully saturated rings. The molecule has 0 saturated carbocycles. The maximum atomic E-state index is 11.4. The molecule has 0 rings (SSSR count). The molecule has 5 heteroatoms. The molecule has 0 aliphatic carbocycles. The van der Waals surface area contributed by atoms with E-state index in [2.05, 4.69) is 6.92 Å². The molecule has 134 valence electrons. The van der Waals surface area contributed by atoms with Gasteiger partial charge in [0.15, 0.2) is 0 Å². The number of aliphatic hydroxyl groups excluding tert-OH is 1. The molecular formula is C17H36O4S. The van der Waals surface area contributed by atoms with Gasteiger partial charge in [-0.3, -0.25) is 4.55 Å². The van der Waals surface area contributed by atoms with Crippen molar-refractivity contribution in [2.75, 3.05) is 0 Å². The van der Waals surface area contributed by atoms with Crippen LogP contribution in [-0.4, -0.2) is 29.4 Å². The van der Waals surface area contributed by atoms with Crippen LogP contribution in [0, 0.1) is 0 Å². The van der Waals surface area contributed by atoms with E-state index in [1.54, 1.807) is 0 Å². The Labute approximate surface area is 137 Å². The highest BCUT2D eigenvalue weighted by molar-refractivity contribution is 7.86. The molecule has 0 saturated heterocycles. The molecule has 0 amide bonds. The molecule has 0 radical (unpaired) electrons. The maximum absolute atomic E-state index is 11.4. The lowest BCUT2D eigenvalue weighted by molar-refractivity contribution is 0.156. The molecular weight excluding hydrogens is 300 g/mol. The Hall–Kier alpha value is -0.130. The average molecular weight is 337 g/mol. The third-order valence-electron chi connectivity index (χ3n) is 4.34. The average Bonchev–Trinajstić information content (AvgIpc) is 2.46. The van der Waals surface area contributed by atoms with Crippen molar-refractivity contribution in [1.29, 1.82) is 0 Å². The second-order valence-corrected chi connectivity index (χ2v) is 8.09. The van der Waals surface area contributed by atoms with E-state index in [1.807, 2.05) is 6.92 Å². The van der Waals surface area contributed by atoms with Crippen LogP contribution in [0.3, 0.4) is 0 Å². The van der Waals surface area contributed by atoms with Gasteiger partial charge < -0.3 is 5.11 Å². The minimum absolute atomic E-state index is 0.236. The molecule has 0 bridgehead atoms. The fourth-order valence-corrected chi connectivity index (χ4v) is 3.66. The van der Waals surface area contributed by atoms with Gasteiger partial charge in [0.25, 0.3) is 10.1 Å². The smallest absolute Gasteiger partial charge is 0.267 e. The largest absolute Gasteiger partial charge is 0.393 e. The minimum Gasteiger partial charge on any atom is -0.393 e. The summed E-state index contributed by atoms with van der Waals surface area (Å²) in [5.74, 6) is 0. The summed E-state index contributed by atoms with van der Waals surface area (Å²) in [6, 6.07) is 0. The van der Waals surface area contributed by atoms with Crippen molar-refractivity contribution in [2.24, 2.45) is 0 Å². The zero-order valence-corrected chi connectivity index (χ0v) is 15.3. The summed E-state index contributed by atoms with van der Waals surface area (Å²) in [5.41, 5.74) is 0. The summed E-state index contributed by atoms with van der Waals surface area (Å²) in [6.07, 6.45) is 11.8. The van der Waals surface area contributed by atoms with Gasteiger partial charge in [0, 0.05) is 0 Å². The normalized spacial score (nSPS) is 14.9. The van der Waals surface area contributed by atoms with Crippen molar-refractivity contribution >= 4 is 10.1 Å². The number of hydrogen-bond acceptors (Lipinski definition) is 3. The number of rotatable bonds is 15. The first-order valence-electron chi connectivity index (χ1n) is 9.06. The van der Waals surface area contributed by atoms with Gasteiger partial charge in [0.1, 0.15) is 0 Å². The molecule has 22 heavy (non-hydrogen) atoms. The SMILES string of the molecule is CCCCCCCCC(CCCCCC(O)CC)S(=O)(=O)O. The number of hydrogen-bond donors (Lipinski definition) is 2. The summed E-state index contributed by atoms with van der Waals surface area (Å²) in [6.45, 7) is 4.13. The minimum atomic E-state index is -3.92. The molecule has 4 nitrogen and oxygen atoms in total. The summed E-state index contributed by atoms with van der Waals surface area (Å²) in [5, 5.41) is 8.86. The van der Waals surface area contributed by atoms with Gasteiger partial charge in [-0.05, 0) is 25.7 Å². The monoisotopic (exact) mass is 336 g/mol. The predicted molar refractivity (Wildman–Crippen MR) is 92.7 cm³/mol. The first kappa shape index (κ1) is 21.9. The molecule has 0 aromatic carbocycles. The Balaban J connectivity index is 3.85. The van der Waals surface area contributed by atoms with Crippen molar-refractivity contribution in [3.05, 3.63) is 0 Å². The van der Waals surface area contributed by atoms with Gasteiger partial charge in [-0.2, -0.15) is 8.42 Å². The first-order valence-corrected chi connectivity index (χ1v) is 10.6. The van der Waals surface area contributed by atoms with Crippen molar-refractivity contribution < 1.29 is 18.1 Å².